The van der Waals surface area contributed by atoms with Crippen molar-refractivity contribution >= 4 is 38.7 Å². The first kappa shape index (κ1) is 20.5. The summed E-state index contributed by atoms with van der Waals surface area (Å²) >= 11 is 3.38. The van der Waals surface area contributed by atoms with E-state index in [1.165, 1.54) is 28.1 Å². The first-order valence-corrected chi connectivity index (χ1v) is 12.4. The Bertz CT molecular complexity index is 915. The largest absolute Gasteiger partial charge is 0.351 e. The monoisotopic (exact) mass is 427 g/mol. The molecule has 2 heterocycles. The van der Waals surface area contributed by atoms with Crippen LogP contribution in [0.3, 0.4) is 0 Å². The summed E-state index contributed by atoms with van der Waals surface area (Å²) in [5.41, 5.74) is 3.32. The normalized spacial score (nSPS) is 16.3. The molecule has 4 nitrogen and oxygen atoms in total. The fraction of sp³-hybridized carbons (Fsp3) is 0.478. The number of fused-ring (bicyclic) bond motifs is 2. The van der Waals surface area contributed by atoms with Crippen LogP contribution in [0.1, 0.15) is 52.8 Å². The molecule has 6 heteroatoms. The number of nitrogens with one attached hydrogen (secondary N) is 1. The Hall–Kier alpha value is -1.76. The summed E-state index contributed by atoms with van der Waals surface area (Å²) in [4.78, 5) is 21.9. The zero-order valence-corrected chi connectivity index (χ0v) is 18.7. The predicted octanol–water partition coefficient (Wildman–Crippen LogP) is 5.14. The summed E-state index contributed by atoms with van der Waals surface area (Å²) in [5, 5.41) is 4.25. The minimum atomic E-state index is 0.0571. The highest BCUT2D eigenvalue weighted by Crippen LogP contribution is 2.27. The van der Waals surface area contributed by atoms with Gasteiger partial charge in [0.2, 0.25) is 0 Å². The molecular weight excluding hydrogens is 398 g/mol. The van der Waals surface area contributed by atoms with Crippen LogP contribution >= 0.6 is 22.7 Å². The van der Waals surface area contributed by atoms with E-state index in [1.54, 1.807) is 11.3 Å². The molecular formula is C23H29N3OS2. The Morgan fingerprint density at radius 1 is 1.28 bits per heavy atom. The van der Waals surface area contributed by atoms with Crippen LogP contribution in [-0.2, 0) is 12.8 Å². The Labute approximate surface area is 181 Å². The second-order valence-electron chi connectivity index (χ2n) is 7.77. The van der Waals surface area contributed by atoms with Gasteiger partial charge in [-0.2, -0.15) is 0 Å². The fourth-order valence-electron chi connectivity index (χ4n) is 4.18. The number of thiazole rings is 1. The first-order chi connectivity index (χ1) is 14.2. The van der Waals surface area contributed by atoms with Crippen LogP contribution in [0.4, 0.5) is 0 Å². The van der Waals surface area contributed by atoms with Crippen molar-refractivity contribution in [1.82, 2.24) is 15.2 Å². The quantitative estimate of drug-likeness (QED) is 0.481. The molecule has 1 atom stereocenters. The molecule has 1 aromatic carbocycles. The van der Waals surface area contributed by atoms with Gasteiger partial charge in [-0.3, -0.25) is 4.79 Å². The summed E-state index contributed by atoms with van der Waals surface area (Å²) in [5.74, 6) is 0.0571. The third-order valence-corrected chi connectivity index (χ3v) is 7.71. The second kappa shape index (κ2) is 9.83. The Morgan fingerprint density at radius 3 is 3.03 bits per heavy atom. The lowest BCUT2D eigenvalue weighted by atomic mass is 9.96. The Balaban J connectivity index is 1.22. The molecule has 4 rings (SSSR count). The van der Waals surface area contributed by atoms with Gasteiger partial charge in [-0.15, -0.1) is 22.7 Å². The summed E-state index contributed by atoms with van der Waals surface area (Å²) in [6, 6.07) is 10.8. The van der Waals surface area contributed by atoms with Crippen molar-refractivity contribution in [3.8, 4) is 0 Å². The number of aromatic nitrogens is 1. The molecule has 154 valence electrons. The minimum Gasteiger partial charge on any atom is -0.351 e. The third-order valence-electron chi connectivity index (χ3n) is 5.69. The van der Waals surface area contributed by atoms with Crippen LogP contribution in [0.25, 0.3) is 10.1 Å². The zero-order valence-electron chi connectivity index (χ0n) is 17.0. The molecule has 3 aromatic rings. The van der Waals surface area contributed by atoms with Gasteiger partial charge in [0.05, 0.1) is 16.1 Å². The maximum Gasteiger partial charge on any atom is 0.261 e. The Morgan fingerprint density at radius 2 is 2.17 bits per heavy atom. The minimum absolute atomic E-state index is 0.0571. The number of rotatable bonds is 9. The molecule has 0 aliphatic heterocycles. The predicted molar refractivity (Wildman–Crippen MR) is 123 cm³/mol. The van der Waals surface area contributed by atoms with E-state index in [-0.39, 0.29) is 5.91 Å². The molecule has 1 N–H and O–H groups in total. The van der Waals surface area contributed by atoms with Gasteiger partial charge < -0.3 is 10.2 Å². The summed E-state index contributed by atoms with van der Waals surface area (Å²) < 4.78 is 1.17. The number of carbonyl (C=O) groups is 1. The van der Waals surface area contributed by atoms with Gasteiger partial charge >= 0.3 is 0 Å². The highest BCUT2D eigenvalue weighted by atomic mass is 32.1. The van der Waals surface area contributed by atoms with Crippen LogP contribution in [0, 0.1) is 0 Å². The average molecular weight is 428 g/mol. The number of hydrogen-bond donors (Lipinski definition) is 1. The van der Waals surface area contributed by atoms with Crippen molar-refractivity contribution < 1.29 is 4.79 Å². The van der Waals surface area contributed by atoms with E-state index in [0.717, 1.165) is 55.6 Å². The zero-order chi connectivity index (χ0) is 20.1. The topological polar surface area (TPSA) is 45.2 Å². The van der Waals surface area contributed by atoms with Gasteiger partial charge in [-0.05, 0) is 69.1 Å². The Kier molecular flexibility index (Phi) is 6.95. The van der Waals surface area contributed by atoms with Gasteiger partial charge in [-0.25, -0.2) is 4.98 Å². The van der Waals surface area contributed by atoms with E-state index >= 15 is 0 Å². The molecule has 1 aliphatic carbocycles. The van der Waals surface area contributed by atoms with Crippen molar-refractivity contribution in [2.75, 3.05) is 19.6 Å². The molecule has 29 heavy (non-hydrogen) atoms. The van der Waals surface area contributed by atoms with Gasteiger partial charge in [0.15, 0.2) is 0 Å². The molecule has 0 saturated heterocycles. The molecule has 0 spiro atoms. The number of amides is 1. The van der Waals surface area contributed by atoms with Crippen LogP contribution in [0.15, 0.2) is 35.8 Å². The molecule has 0 bridgehead atoms. The standard InChI is InChI=1S/C23H29N3OS2/c1-2-12-26(18-9-10-19-21(15-18)28-16-25-19)13-6-5-11-24-23(27)22-14-17-7-3-4-8-20(17)29-22/h3-4,7-8,14,16,18H,2,5-6,9-13,15H2,1H3,(H,24,27). The van der Waals surface area contributed by atoms with Crippen molar-refractivity contribution in [3.63, 3.8) is 0 Å². The lowest BCUT2D eigenvalue weighted by molar-refractivity contribution is 0.0956. The van der Waals surface area contributed by atoms with E-state index in [0.29, 0.717) is 6.04 Å². The first-order valence-electron chi connectivity index (χ1n) is 10.7. The maximum atomic E-state index is 12.4. The van der Waals surface area contributed by atoms with E-state index in [9.17, 15) is 4.79 Å². The smallest absolute Gasteiger partial charge is 0.261 e. The van der Waals surface area contributed by atoms with Gasteiger partial charge in [0.1, 0.15) is 0 Å². The SMILES string of the molecule is CCCN(CCCCNC(=O)c1cc2ccccc2s1)C1CCc2ncsc2C1. The number of thiophene rings is 1. The van der Waals surface area contributed by atoms with Crippen LogP contribution in [0.2, 0.25) is 0 Å². The number of unbranched alkanes of at least 4 members (excludes halogenated alkanes) is 1. The molecule has 1 unspecified atom stereocenters. The molecule has 0 radical (unpaired) electrons. The summed E-state index contributed by atoms with van der Waals surface area (Å²) in [7, 11) is 0. The molecule has 1 aliphatic rings. The molecule has 0 saturated carbocycles. The average Bonchev–Trinajstić information content (AvgIpc) is 3.38. The molecule has 0 fully saturated rings. The lowest BCUT2D eigenvalue weighted by Gasteiger charge is -2.33. The van der Waals surface area contributed by atoms with Crippen LogP contribution < -0.4 is 5.32 Å². The molecule has 1 amide bonds. The van der Waals surface area contributed by atoms with E-state index in [1.807, 2.05) is 35.0 Å². The lowest BCUT2D eigenvalue weighted by Crippen LogP contribution is -2.40. The van der Waals surface area contributed by atoms with Gasteiger partial charge in [0, 0.05) is 22.2 Å². The van der Waals surface area contributed by atoms with Crippen molar-refractivity contribution in [3.05, 3.63) is 51.3 Å². The van der Waals surface area contributed by atoms with Crippen molar-refractivity contribution in [2.24, 2.45) is 0 Å². The molecule has 2 aromatic heterocycles. The number of benzene rings is 1. The number of nitrogens with zero attached hydrogens (tertiary/aromatic N) is 2. The fourth-order valence-corrected chi connectivity index (χ4v) is 6.05. The van der Waals surface area contributed by atoms with Gasteiger partial charge in [-0.1, -0.05) is 25.1 Å². The van der Waals surface area contributed by atoms with Gasteiger partial charge in [0.25, 0.3) is 5.91 Å². The highest BCUT2D eigenvalue weighted by molar-refractivity contribution is 7.20. The number of aryl methyl sites for hydroxylation is 1. The highest BCUT2D eigenvalue weighted by Gasteiger charge is 2.25. The summed E-state index contributed by atoms with van der Waals surface area (Å²) in [6.07, 6.45) is 6.83. The van der Waals surface area contributed by atoms with E-state index in [4.69, 9.17) is 0 Å². The number of carbonyl (C=O) groups excluding carboxylic acids is 1. The maximum absolute atomic E-state index is 12.4. The van der Waals surface area contributed by atoms with Crippen LogP contribution in [-0.4, -0.2) is 41.5 Å². The third kappa shape index (κ3) is 5.05. The van der Waals surface area contributed by atoms with Crippen LogP contribution in [0.5, 0.6) is 0 Å². The second-order valence-corrected chi connectivity index (χ2v) is 9.79. The summed E-state index contributed by atoms with van der Waals surface area (Å²) in [6.45, 7) is 5.29. The van der Waals surface area contributed by atoms with Crippen molar-refractivity contribution in [1.29, 1.82) is 0 Å². The van der Waals surface area contributed by atoms with Crippen molar-refractivity contribution in [2.45, 2.75) is 51.5 Å². The van der Waals surface area contributed by atoms with E-state index in [2.05, 4.69) is 34.3 Å². The number of hydrogen-bond acceptors (Lipinski definition) is 5. The van der Waals surface area contributed by atoms with E-state index < -0.39 is 0 Å².